The highest BCUT2D eigenvalue weighted by Crippen LogP contribution is 2.48. The fraction of sp³-hybridized carbons (Fsp3) is 0.864. The van der Waals surface area contributed by atoms with E-state index in [9.17, 15) is 4.79 Å². The molecule has 1 saturated heterocycles. The molecule has 150 valence electrons. The van der Waals surface area contributed by atoms with Crippen LogP contribution in [0.3, 0.4) is 0 Å². The highest BCUT2D eigenvalue weighted by atomic mass is 16.7. The Balaban J connectivity index is 1.84. The number of ketones is 1. The monoisotopic (exact) mass is 366 g/mol. The van der Waals surface area contributed by atoms with Crippen LogP contribution in [-0.4, -0.2) is 36.5 Å². The van der Waals surface area contributed by atoms with Gasteiger partial charge >= 0.3 is 0 Å². The number of hydrogen-bond acceptors (Lipinski definition) is 4. The molecule has 1 saturated carbocycles. The molecular formula is C22H38O4. The molecule has 0 amide bonds. The molecule has 26 heavy (non-hydrogen) atoms. The summed E-state index contributed by atoms with van der Waals surface area (Å²) in [5, 5.41) is 8.87. The van der Waals surface area contributed by atoms with E-state index in [0.717, 1.165) is 51.4 Å². The summed E-state index contributed by atoms with van der Waals surface area (Å²) in [6.45, 7) is 3.85. The maximum Gasteiger partial charge on any atom is 0.171 e. The maximum atomic E-state index is 12.1. The topological polar surface area (TPSA) is 55.8 Å². The number of allylic oxidation sites excluding steroid dienone is 2. The highest BCUT2D eigenvalue weighted by molar-refractivity contribution is 5.89. The number of carbonyl (C=O) groups is 1. The Morgan fingerprint density at radius 1 is 1.08 bits per heavy atom. The van der Waals surface area contributed by atoms with E-state index in [2.05, 4.69) is 13.0 Å². The zero-order valence-electron chi connectivity index (χ0n) is 16.6. The minimum Gasteiger partial charge on any atom is -0.396 e. The van der Waals surface area contributed by atoms with Gasteiger partial charge in [0.2, 0.25) is 0 Å². The van der Waals surface area contributed by atoms with E-state index in [0.29, 0.717) is 38.1 Å². The van der Waals surface area contributed by atoms with Gasteiger partial charge in [-0.3, -0.25) is 4.79 Å². The van der Waals surface area contributed by atoms with E-state index >= 15 is 0 Å². The Morgan fingerprint density at radius 3 is 2.54 bits per heavy atom. The lowest BCUT2D eigenvalue weighted by Gasteiger charge is -2.31. The summed E-state index contributed by atoms with van der Waals surface area (Å²) in [6, 6.07) is 0. The first-order valence-electron chi connectivity index (χ1n) is 10.8. The van der Waals surface area contributed by atoms with Gasteiger partial charge in [-0.2, -0.15) is 0 Å². The number of carbonyl (C=O) groups excluding carboxylic acids is 1. The molecule has 2 unspecified atom stereocenters. The van der Waals surface area contributed by atoms with Gasteiger partial charge in [0, 0.05) is 25.4 Å². The average molecular weight is 367 g/mol. The van der Waals surface area contributed by atoms with Gasteiger partial charge in [0.15, 0.2) is 11.6 Å². The summed E-state index contributed by atoms with van der Waals surface area (Å²) in [4.78, 5) is 12.1. The standard InChI is InChI=1S/C22H38O4/c1-2-3-7-10-20(24)13-12-19-14-15-22(25-17-18-26-22)21(19)11-8-5-4-6-9-16-23/h12-13,19,21,23H,2-11,14-18H2,1H3. The number of rotatable bonds is 13. The van der Waals surface area contributed by atoms with Crippen molar-refractivity contribution in [3.63, 3.8) is 0 Å². The Labute approximate surface area is 159 Å². The number of unbranched alkanes of at least 4 members (excludes halogenated alkanes) is 6. The van der Waals surface area contributed by atoms with Crippen molar-refractivity contribution >= 4 is 5.78 Å². The zero-order valence-corrected chi connectivity index (χ0v) is 16.6. The van der Waals surface area contributed by atoms with E-state index in [-0.39, 0.29) is 5.78 Å². The molecule has 1 N–H and O–H groups in total. The van der Waals surface area contributed by atoms with Gasteiger partial charge < -0.3 is 14.6 Å². The Bertz CT molecular complexity index is 426. The molecular weight excluding hydrogens is 328 g/mol. The molecule has 2 rings (SSSR count). The Hall–Kier alpha value is -0.710. The van der Waals surface area contributed by atoms with Crippen LogP contribution in [0.2, 0.25) is 0 Å². The number of hydrogen-bond donors (Lipinski definition) is 1. The molecule has 1 aliphatic heterocycles. The van der Waals surface area contributed by atoms with Crippen molar-refractivity contribution in [3.05, 3.63) is 12.2 Å². The van der Waals surface area contributed by atoms with Crippen LogP contribution in [0.15, 0.2) is 12.2 Å². The third-order valence-corrected chi connectivity index (χ3v) is 5.91. The van der Waals surface area contributed by atoms with Crippen LogP contribution in [0.25, 0.3) is 0 Å². The van der Waals surface area contributed by atoms with Crippen LogP contribution >= 0.6 is 0 Å². The summed E-state index contributed by atoms with van der Waals surface area (Å²) in [7, 11) is 0. The Kier molecular flexibility index (Phi) is 9.87. The van der Waals surface area contributed by atoms with Crippen LogP contribution in [0.1, 0.15) is 84.0 Å². The molecule has 2 fully saturated rings. The second-order valence-electron chi connectivity index (χ2n) is 7.88. The summed E-state index contributed by atoms with van der Waals surface area (Å²) >= 11 is 0. The van der Waals surface area contributed by atoms with Crippen molar-refractivity contribution in [1.82, 2.24) is 0 Å². The molecule has 0 aromatic rings. The quantitative estimate of drug-likeness (QED) is 0.376. The van der Waals surface area contributed by atoms with Crippen LogP contribution in [-0.2, 0) is 14.3 Å². The first-order chi connectivity index (χ1) is 12.7. The number of aliphatic hydroxyl groups excluding tert-OH is 1. The zero-order chi connectivity index (χ0) is 18.7. The van der Waals surface area contributed by atoms with Gasteiger partial charge in [0.25, 0.3) is 0 Å². The van der Waals surface area contributed by atoms with E-state index in [4.69, 9.17) is 14.6 Å². The van der Waals surface area contributed by atoms with Crippen molar-refractivity contribution in [3.8, 4) is 0 Å². The first kappa shape index (κ1) is 21.6. The van der Waals surface area contributed by atoms with Crippen molar-refractivity contribution < 1.29 is 19.4 Å². The van der Waals surface area contributed by atoms with Crippen molar-refractivity contribution in [2.45, 2.75) is 89.8 Å². The summed E-state index contributed by atoms with van der Waals surface area (Å²) < 4.78 is 12.1. The third-order valence-electron chi connectivity index (χ3n) is 5.91. The third kappa shape index (κ3) is 6.47. The van der Waals surface area contributed by atoms with Crippen molar-refractivity contribution in [1.29, 1.82) is 0 Å². The highest BCUT2D eigenvalue weighted by Gasteiger charge is 2.51. The molecule has 0 aromatic heterocycles. The van der Waals surface area contributed by atoms with Crippen LogP contribution < -0.4 is 0 Å². The van der Waals surface area contributed by atoms with Crippen molar-refractivity contribution in [2.75, 3.05) is 19.8 Å². The van der Waals surface area contributed by atoms with Gasteiger partial charge in [-0.1, -0.05) is 51.5 Å². The lowest BCUT2D eigenvalue weighted by Crippen LogP contribution is -2.36. The SMILES string of the molecule is CCCCCC(=O)C=CC1CCC2(OCCO2)C1CCCCCCCO. The van der Waals surface area contributed by atoms with Gasteiger partial charge in [-0.05, 0) is 37.7 Å². The fourth-order valence-corrected chi connectivity index (χ4v) is 4.44. The first-order valence-corrected chi connectivity index (χ1v) is 10.8. The summed E-state index contributed by atoms with van der Waals surface area (Å²) in [6.07, 6.45) is 16.6. The van der Waals surface area contributed by atoms with Crippen LogP contribution in [0.5, 0.6) is 0 Å². The van der Waals surface area contributed by atoms with Crippen LogP contribution in [0, 0.1) is 11.8 Å². The fourth-order valence-electron chi connectivity index (χ4n) is 4.44. The molecule has 0 aromatic carbocycles. The van der Waals surface area contributed by atoms with E-state index in [1.807, 2.05) is 6.08 Å². The predicted molar refractivity (Wildman–Crippen MR) is 104 cm³/mol. The summed E-state index contributed by atoms with van der Waals surface area (Å²) in [5.74, 6) is 0.615. The van der Waals surface area contributed by atoms with E-state index in [1.165, 1.54) is 19.3 Å². The van der Waals surface area contributed by atoms with Crippen LogP contribution in [0.4, 0.5) is 0 Å². The van der Waals surface area contributed by atoms with E-state index < -0.39 is 5.79 Å². The predicted octanol–water partition coefficient (Wildman–Crippen LogP) is 4.79. The molecule has 4 heteroatoms. The molecule has 0 bridgehead atoms. The normalized spacial score (nSPS) is 24.8. The Morgan fingerprint density at radius 2 is 1.81 bits per heavy atom. The van der Waals surface area contributed by atoms with Crippen molar-refractivity contribution in [2.24, 2.45) is 11.8 Å². The summed E-state index contributed by atoms with van der Waals surface area (Å²) in [5.41, 5.74) is 0. The second-order valence-corrected chi connectivity index (χ2v) is 7.88. The second kappa shape index (κ2) is 11.9. The molecule has 1 aliphatic carbocycles. The minimum atomic E-state index is -0.397. The maximum absolute atomic E-state index is 12.1. The van der Waals surface area contributed by atoms with Gasteiger partial charge in [-0.25, -0.2) is 0 Å². The molecule has 0 radical (unpaired) electrons. The lowest BCUT2D eigenvalue weighted by molar-refractivity contribution is -0.186. The molecule has 1 heterocycles. The minimum absolute atomic E-state index is 0.260. The molecule has 2 atom stereocenters. The van der Waals surface area contributed by atoms with Gasteiger partial charge in [0.1, 0.15) is 0 Å². The molecule has 4 nitrogen and oxygen atoms in total. The smallest absolute Gasteiger partial charge is 0.171 e. The average Bonchev–Trinajstić information content (AvgIpc) is 3.25. The molecule has 1 spiro atoms. The largest absolute Gasteiger partial charge is 0.396 e. The van der Waals surface area contributed by atoms with E-state index in [1.54, 1.807) is 0 Å². The number of ether oxygens (including phenoxy) is 2. The molecule has 2 aliphatic rings. The number of aliphatic hydroxyl groups is 1. The van der Waals surface area contributed by atoms with Gasteiger partial charge in [0.05, 0.1) is 13.2 Å². The van der Waals surface area contributed by atoms with Gasteiger partial charge in [-0.15, -0.1) is 0 Å². The lowest BCUT2D eigenvalue weighted by atomic mass is 9.87.